The number of esters is 1. The van der Waals surface area contributed by atoms with Gasteiger partial charge in [-0.3, -0.25) is 4.79 Å². The van der Waals surface area contributed by atoms with Crippen LogP contribution in [0.15, 0.2) is 30.3 Å². The molecule has 0 aromatic heterocycles. The van der Waals surface area contributed by atoms with Crippen LogP contribution in [0.2, 0.25) is 0 Å². The van der Waals surface area contributed by atoms with Gasteiger partial charge in [-0.25, -0.2) is 0 Å². The normalized spacial score (nSPS) is 10.2. The van der Waals surface area contributed by atoms with Crippen molar-refractivity contribution in [3.05, 3.63) is 30.3 Å². The molecule has 4 heteroatoms. The summed E-state index contributed by atoms with van der Waals surface area (Å²) in [6.07, 6.45) is 4.35. The Morgan fingerprint density at radius 2 is 1.68 bits per heavy atom. The molecule has 0 N–H and O–H groups in total. The summed E-state index contributed by atoms with van der Waals surface area (Å²) in [5.41, 5.74) is 0. The Morgan fingerprint density at radius 3 is 2.37 bits per heavy atom. The standard InChI is InChI=1S/C15H21ClO3/c16-11-10-15(17)19-13-7-2-1-6-12-18-14-8-4-3-5-9-14/h3-5,8-9H,1-2,6-7,10-13H2. The summed E-state index contributed by atoms with van der Waals surface area (Å²) in [5, 5.41) is 0. The number of benzene rings is 1. The van der Waals surface area contributed by atoms with E-state index in [1.165, 1.54) is 0 Å². The van der Waals surface area contributed by atoms with Crippen LogP contribution in [0, 0.1) is 0 Å². The van der Waals surface area contributed by atoms with Gasteiger partial charge in [-0.1, -0.05) is 18.2 Å². The Hall–Kier alpha value is -1.22. The summed E-state index contributed by atoms with van der Waals surface area (Å²) >= 11 is 5.43. The summed E-state index contributed by atoms with van der Waals surface area (Å²) in [4.78, 5) is 11.0. The summed E-state index contributed by atoms with van der Waals surface area (Å²) in [5.74, 6) is 1.04. The highest BCUT2D eigenvalue weighted by Gasteiger charge is 2.00. The van der Waals surface area contributed by atoms with Gasteiger partial charge in [0, 0.05) is 5.88 Å². The van der Waals surface area contributed by atoms with Crippen LogP contribution in [0.5, 0.6) is 5.75 Å². The Bertz CT molecular complexity index is 341. The first-order valence-corrected chi connectivity index (χ1v) is 7.26. The Labute approximate surface area is 119 Å². The molecule has 106 valence electrons. The van der Waals surface area contributed by atoms with Crippen molar-refractivity contribution >= 4 is 17.6 Å². The fourth-order valence-corrected chi connectivity index (χ4v) is 1.75. The van der Waals surface area contributed by atoms with Crippen molar-refractivity contribution in [2.75, 3.05) is 19.1 Å². The van der Waals surface area contributed by atoms with Crippen molar-refractivity contribution in [3.8, 4) is 5.75 Å². The molecule has 1 aromatic rings. The minimum Gasteiger partial charge on any atom is -0.494 e. The van der Waals surface area contributed by atoms with E-state index < -0.39 is 0 Å². The molecule has 0 unspecified atom stereocenters. The number of hydrogen-bond acceptors (Lipinski definition) is 3. The van der Waals surface area contributed by atoms with Crippen LogP contribution in [0.3, 0.4) is 0 Å². The van der Waals surface area contributed by atoms with E-state index in [4.69, 9.17) is 21.1 Å². The number of hydrogen-bond donors (Lipinski definition) is 0. The lowest BCUT2D eigenvalue weighted by Crippen LogP contribution is -2.06. The number of halogens is 1. The molecular formula is C15H21ClO3. The third-order valence-electron chi connectivity index (χ3n) is 2.61. The first-order chi connectivity index (χ1) is 9.33. The molecule has 0 aliphatic heterocycles. The zero-order valence-corrected chi connectivity index (χ0v) is 11.9. The molecule has 19 heavy (non-hydrogen) atoms. The van der Waals surface area contributed by atoms with Crippen LogP contribution in [-0.2, 0) is 9.53 Å². The van der Waals surface area contributed by atoms with Gasteiger partial charge in [0.1, 0.15) is 5.75 Å². The van der Waals surface area contributed by atoms with E-state index in [0.29, 0.717) is 18.9 Å². The van der Waals surface area contributed by atoms with Crippen molar-refractivity contribution in [1.82, 2.24) is 0 Å². The number of para-hydroxylation sites is 1. The molecule has 0 amide bonds. The Morgan fingerprint density at radius 1 is 1.00 bits per heavy atom. The highest BCUT2D eigenvalue weighted by Crippen LogP contribution is 2.09. The predicted octanol–water partition coefficient (Wildman–Crippen LogP) is 3.80. The molecule has 0 aliphatic rings. The maximum atomic E-state index is 11.0. The van der Waals surface area contributed by atoms with Gasteiger partial charge in [-0.15, -0.1) is 11.6 Å². The molecule has 0 heterocycles. The van der Waals surface area contributed by atoms with E-state index in [1.807, 2.05) is 30.3 Å². The monoisotopic (exact) mass is 284 g/mol. The van der Waals surface area contributed by atoms with Gasteiger partial charge in [-0.05, 0) is 37.8 Å². The number of ether oxygens (including phenoxy) is 2. The number of carbonyl (C=O) groups excluding carboxylic acids is 1. The van der Waals surface area contributed by atoms with Crippen molar-refractivity contribution in [3.63, 3.8) is 0 Å². The van der Waals surface area contributed by atoms with Gasteiger partial charge >= 0.3 is 5.97 Å². The topological polar surface area (TPSA) is 35.5 Å². The highest BCUT2D eigenvalue weighted by atomic mass is 35.5. The van der Waals surface area contributed by atoms with Crippen molar-refractivity contribution in [2.24, 2.45) is 0 Å². The van der Waals surface area contributed by atoms with Gasteiger partial charge < -0.3 is 9.47 Å². The number of carbonyl (C=O) groups is 1. The summed E-state index contributed by atoms with van der Waals surface area (Å²) in [6, 6.07) is 9.81. The van der Waals surface area contributed by atoms with E-state index >= 15 is 0 Å². The number of unbranched alkanes of at least 4 members (excludes halogenated alkanes) is 3. The predicted molar refractivity (Wildman–Crippen MR) is 76.7 cm³/mol. The third kappa shape index (κ3) is 8.49. The molecule has 0 spiro atoms. The summed E-state index contributed by atoms with van der Waals surface area (Å²) < 4.78 is 10.6. The molecule has 1 aromatic carbocycles. The smallest absolute Gasteiger partial charge is 0.306 e. The third-order valence-corrected chi connectivity index (χ3v) is 2.80. The second-order valence-electron chi connectivity index (χ2n) is 4.24. The molecule has 1 rings (SSSR count). The molecule has 0 aliphatic carbocycles. The minimum absolute atomic E-state index is 0.206. The largest absolute Gasteiger partial charge is 0.494 e. The fraction of sp³-hybridized carbons (Fsp3) is 0.533. The van der Waals surface area contributed by atoms with Gasteiger partial charge in [0.25, 0.3) is 0 Å². The molecule has 0 saturated carbocycles. The summed E-state index contributed by atoms with van der Waals surface area (Å²) in [6.45, 7) is 1.23. The van der Waals surface area contributed by atoms with Gasteiger partial charge in [-0.2, -0.15) is 0 Å². The lowest BCUT2D eigenvalue weighted by molar-refractivity contribution is -0.143. The molecule has 0 bridgehead atoms. The van der Waals surface area contributed by atoms with Crippen LogP contribution < -0.4 is 4.74 Å². The first-order valence-electron chi connectivity index (χ1n) is 6.72. The first kappa shape index (κ1) is 15.8. The average Bonchev–Trinajstić information content (AvgIpc) is 2.43. The zero-order valence-electron chi connectivity index (χ0n) is 11.1. The van der Waals surface area contributed by atoms with Crippen LogP contribution in [0.4, 0.5) is 0 Å². The molecular weight excluding hydrogens is 264 g/mol. The summed E-state index contributed by atoms with van der Waals surface area (Å²) in [7, 11) is 0. The van der Waals surface area contributed by atoms with E-state index in [-0.39, 0.29) is 5.97 Å². The van der Waals surface area contributed by atoms with Crippen molar-refractivity contribution in [1.29, 1.82) is 0 Å². The van der Waals surface area contributed by atoms with Crippen LogP contribution in [0.25, 0.3) is 0 Å². The number of alkyl halides is 1. The van der Waals surface area contributed by atoms with Gasteiger partial charge in [0.2, 0.25) is 0 Å². The van der Waals surface area contributed by atoms with Crippen LogP contribution >= 0.6 is 11.6 Å². The van der Waals surface area contributed by atoms with Crippen LogP contribution in [-0.4, -0.2) is 25.1 Å². The van der Waals surface area contributed by atoms with E-state index in [1.54, 1.807) is 0 Å². The molecule has 0 fully saturated rings. The lowest BCUT2D eigenvalue weighted by Gasteiger charge is -2.06. The minimum atomic E-state index is -0.206. The second kappa shape index (κ2) is 10.7. The second-order valence-corrected chi connectivity index (χ2v) is 4.61. The van der Waals surface area contributed by atoms with Gasteiger partial charge in [0.15, 0.2) is 0 Å². The number of rotatable bonds is 10. The van der Waals surface area contributed by atoms with Crippen molar-refractivity contribution < 1.29 is 14.3 Å². The lowest BCUT2D eigenvalue weighted by atomic mass is 10.2. The van der Waals surface area contributed by atoms with Crippen LogP contribution in [0.1, 0.15) is 32.1 Å². The maximum Gasteiger partial charge on any atom is 0.306 e. The quantitative estimate of drug-likeness (QED) is 0.372. The van der Waals surface area contributed by atoms with Gasteiger partial charge in [0.05, 0.1) is 19.6 Å². The fourth-order valence-electron chi connectivity index (χ4n) is 1.60. The van der Waals surface area contributed by atoms with E-state index in [9.17, 15) is 4.79 Å². The molecule has 3 nitrogen and oxygen atoms in total. The van der Waals surface area contributed by atoms with E-state index in [2.05, 4.69) is 0 Å². The Balaban J connectivity index is 1.88. The SMILES string of the molecule is O=C(CCCl)OCCCCCCOc1ccccc1. The van der Waals surface area contributed by atoms with Crippen molar-refractivity contribution in [2.45, 2.75) is 32.1 Å². The molecule has 0 saturated heterocycles. The Kier molecular flexibility index (Phi) is 8.90. The molecule has 0 atom stereocenters. The molecule has 0 radical (unpaired) electrons. The maximum absolute atomic E-state index is 11.0. The van der Waals surface area contributed by atoms with E-state index in [0.717, 1.165) is 38.0 Å². The zero-order chi connectivity index (χ0) is 13.8. The average molecular weight is 285 g/mol. The highest BCUT2D eigenvalue weighted by molar-refractivity contribution is 6.18.